The fourth-order valence-corrected chi connectivity index (χ4v) is 2.37. The molecule has 1 fully saturated rings. The van der Waals surface area contributed by atoms with E-state index in [-0.39, 0.29) is 18.1 Å². The van der Waals surface area contributed by atoms with Crippen molar-refractivity contribution in [3.05, 3.63) is 0 Å². The molecule has 0 aromatic rings. The number of hydrogen-bond donors (Lipinski definition) is 2. The predicted octanol–water partition coefficient (Wildman–Crippen LogP) is 1.07. The highest BCUT2D eigenvalue weighted by atomic mass is 16.5. The van der Waals surface area contributed by atoms with Crippen LogP contribution < -0.4 is 10.6 Å². The van der Waals surface area contributed by atoms with Gasteiger partial charge in [-0.25, -0.2) is 0 Å². The Morgan fingerprint density at radius 2 is 1.95 bits per heavy atom. The van der Waals surface area contributed by atoms with Crippen molar-refractivity contribution in [2.75, 3.05) is 27.4 Å². The van der Waals surface area contributed by atoms with Crippen LogP contribution in [0.15, 0.2) is 0 Å². The standard InChI is InChI=1S/C14H28N2O3/c1-11(15-9-13(19-3)10-18-2)14(17)16-12-7-5-4-6-8-12/h11-13,15H,4-10H2,1-3H3,(H,16,17). The van der Waals surface area contributed by atoms with Crippen molar-refractivity contribution in [2.45, 2.75) is 57.2 Å². The van der Waals surface area contributed by atoms with Crippen LogP contribution in [0.5, 0.6) is 0 Å². The van der Waals surface area contributed by atoms with E-state index in [4.69, 9.17) is 9.47 Å². The average Bonchev–Trinajstić information content (AvgIpc) is 2.44. The summed E-state index contributed by atoms with van der Waals surface area (Å²) in [6, 6.07) is 0.166. The molecule has 5 heteroatoms. The van der Waals surface area contributed by atoms with E-state index in [1.54, 1.807) is 14.2 Å². The second-order valence-electron chi connectivity index (χ2n) is 5.29. The first kappa shape index (κ1) is 16.4. The van der Waals surface area contributed by atoms with Gasteiger partial charge in [0.2, 0.25) is 5.91 Å². The molecule has 0 spiro atoms. The van der Waals surface area contributed by atoms with Gasteiger partial charge < -0.3 is 20.1 Å². The lowest BCUT2D eigenvalue weighted by atomic mass is 9.95. The first-order valence-corrected chi connectivity index (χ1v) is 7.22. The van der Waals surface area contributed by atoms with Gasteiger partial charge in [0.05, 0.1) is 18.8 Å². The minimum atomic E-state index is -0.198. The molecule has 1 amide bonds. The molecule has 0 radical (unpaired) electrons. The first-order valence-electron chi connectivity index (χ1n) is 7.22. The summed E-state index contributed by atoms with van der Waals surface area (Å²) in [6.45, 7) is 3.03. The lowest BCUT2D eigenvalue weighted by molar-refractivity contribution is -0.123. The average molecular weight is 272 g/mol. The number of carbonyl (C=O) groups excluding carboxylic acids is 1. The van der Waals surface area contributed by atoms with Gasteiger partial charge in [-0.1, -0.05) is 19.3 Å². The zero-order valence-corrected chi connectivity index (χ0v) is 12.4. The molecule has 5 nitrogen and oxygen atoms in total. The van der Waals surface area contributed by atoms with Crippen LogP contribution in [0.1, 0.15) is 39.0 Å². The van der Waals surface area contributed by atoms with Crippen molar-refractivity contribution < 1.29 is 14.3 Å². The molecule has 1 rings (SSSR count). The Balaban J connectivity index is 2.23. The second kappa shape index (κ2) is 9.28. The Morgan fingerprint density at radius 3 is 2.53 bits per heavy atom. The number of carbonyl (C=O) groups is 1. The van der Waals surface area contributed by atoms with Crippen LogP contribution in [0.25, 0.3) is 0 Å². The summed E-state index contributed by atoms with van der Waals surface area (Å²) in [6.07, 6.45) is 5.96. The van der Waals surface area contributed by atoms with Gasteiger partial charge in [0, 0.05) is 26.8 Å². The van der Waals surface area contributed by atoms with Gasteiger partial charge in [0.25, 0.3) is 0 Å². The summed E-state index contributed by atoms with van der Waals surface area (Å²) in [7, 11) is 3.30. The van der Waals surface area contributed by atoms with Gasteiger partial charge in [-0.05, 0) is 19.8 Å². The van der Waals surface area contributed by atoms with E-state index in [2.05, 4.69) is 10.6 Å². The molecule has 0 aromatic heterocycles. The normalized spacial score (nSPS) is 19.9. The van der Waals surface area contributed by atoms with Gasteiger partial charge in [-0.2, -0.15) is 0 Å². The highest BCUT2D eigenvalue weighted by Crippen LogP contribution is 2.17. The topological polar surface area (TPSA) is 59.6 Å². The molecule has 2 N–H and O–H groups in total. The van der Waals surface area contributed by atoms with Crippen molar-refractivity contribution in [1.29, 1.82) is 0 Å². The van der Waals surface area contributed by atoms with Crippen molar-refractivity contribution in [2.24, 2.45) is 0 Å². The zero-order chi connectivity index (χ0) is 14.1. The fourth-order valence-electron chi connectivity index (χ4n) is 2.37. The molecule has 112 valence electrons. The Bertz CT molecular complexity index is 255. The van der Waals surface area contributed by atoms with Crippen LogP contribution in [0.2, 0.25) is 0 Å². The summed E-state index contributed by atoms with van der Waals surface area (Å²) in [5.74, 6) is 0.0826. The van der Waals surface area contributed by atoms with Crippen LogP contribution in [0.3, 0.4) is 0 Å². The maximum atomic E-state index is 12.0. The lowest BCUT2D eigenvalue weighted by Gasteiger charge is -2.25. The number of nitrogens with one attached hydrogen (secondary N) is 2. The Labute approximate surface area is 116 Å². The molecule has 2 atom stereocenters. The summed E-state index contributed by atoms with van der Waals surface area (Å²) < 4.78 is 10.3. The van der Waals surface area contributed by atoms with Crippen molar-refractivity contribution in [3.63, 3.8) is 0 Å². The van der Waals surface area contributed by atoms with Crippen molar-refractivity contribution in [1.82, 2.24) is 10.6 Å². The van der Waals surface area contributed by atoms with Crippen LogP contribution in [-0.2, 0) is 14.3 Å². The van der Waals surface area contributed by atoms with Crippen LogP contribution in [-0.4, -0.2) is 51.5 Å². The lowest BCUT2D eigenvalue weighted by Crippen LogP contribution is -2.49. The summed E-state index contributed by atoms with van der Waals surface area (Å²) in [5.41, 5.74) is 0. The molecular formula is C14H28N2O3. The summed E-state index contributed by atoms with van der Waals surface area (Å²) in [5, 5.41) is 6.31. The van der Waals surface area contributed by atoms with Crippen LogP contribution in [0, 0.1) is 0 Å². The van der Waals surface area contributed by atoms with Crippen molar-refractivity contribution in [3.8, 4) is 0 Å². The van der Waals surface area contributed by atoms with Gasteiger partial charge >= 0.3 is 0 Å². The van der Waals surface area contributed by atoms with Crippen molar-refractivity contribution >= 4 is 5.91 Å². The Kier molecular flexibility index (Phi) is 8.02. The van der Waals surface area contributed by atoms with Gasteiger partial charge in [0.1, 0.15) is 0 Å². The molecule has 0 heterocycles. The number of amides is 1. The first-order chi connectivity index (χ1) is 9.17. The SMILES string of the molecule is COCC(CNC(C)C(=O)NC1CCCCC1)OC. The van der Waals surface area contributed by atoms with E-state index in [1.165, 1.54) is 19.3 Å². The smallest absolute Gasteiger partial charge is 0.237 e. The second-order valence-corrected chi connectivity index (χ2v) is 5.29. The zero-order valence-electron chi connectivity index (χ0n) is 12.4. The van der Waals surface area contributed by atoms with E-state index in [1.807, 2.05) is 6.92 Å². The molecule has 1 aliphatic rings. The van der Waals surface area contributed by atoms with E-state index < -0.39 is 0 Å². The molecule has 1 aliphatic carbocycles. The maximum Gasteiger partial charge on any atom is 0.237 e. The molecule has 1 saturated carbocycles. The van der Waals surface area contributed by atoms with E-state index in [9.17, 15) is 4.79 Å². The molecule has 0 aromatic carbocycles. The fraction of sp³-hybridized carbons (Fsp3) is 0.929. The number of methoxy groups -OCH3 is 2. The summed E-state index contributed by atoms with van der Waals surface area (Å²) in [4.78, 5) is 12.0. The van der Waals surface area contributed by atoms with Gasteiger partial charge in [-0.15, -0.1) is 0 Å². The highest BCUT2D eigenvalue weighted by Gasteiger charge is 2.20. The molecule has 0 bridgehead atoms. The third kappa shape index (κ3) is 6.36. The quantitative estimate of drug-likeness (QED) is 0.694. The summed E-state index contributed by atoms with van der Waals surface area (Å²) >= 11 is 0. The van der Waals surface area contributed by atoms with E-state index >= 15 is 0 Å². The number of hydrogen-bond acceptors (Lipinski definition) is 4. The van der Waals surface area contributed by atoms with E-state index in [0.29, 0.717) is 19.2 Å². The molecule has 0 aliphatic heterocycles. The van der Waals surface area contributed by atoms with Gasteiger partial charge in [0.15, 0.2) is 0 Å². The molecule has 19 heavy (non-hydrogen) atoms. The van der Waals surface area contributed by atoms with Crippen LogP contribution >= 0.6 is 0 Å². The highest BCUT2D eigenvalue weighted by molar-refractivity contribution is 5.81. The van der Waals surface area contributed by atoms with Crippen LogP contribution in [0.4, 0.5) is 0 Å². The Hall–Kier alpha value is -0.650. The number of ether oxygens (including phenoxy) is 2. The minimum Gasteiger partial charge on any atom is -0.382 e. The van der Waals surface area contributed by atoms with E-state index in [0.717, 1.165) is 12.8 Å². The minimum absolute atomic E-state index is 0.0186. The van der Waals surface area contributed by atoms with Gasteiger partial charge in [-0.3, -0.25) is 4.79 Å². The molecule has 2 unspecified atom stereocenters. The third-order valence-corrected chi connectivity index (χ3v) is 3.68. The predicted molar refractivity (Wildman–Crippen MR) is 75.2 cm³/mol. The Morgan fingerprint density at radius 1 is 1.26 bits per heavy atom. The monoisotopic (exact) mass is 272 g/mol. The number of rotatable bonds is 8. The molecule has 0 saturated heterocycles. The third-order valence-electron chi connectivity index (χ3n) is 3.68. The largest absolute Gasteiger partial charge is 0.382 e. The maximum absolute atomic E-state index is 12.0. The molecular weight excluding hydrogens is 244 g/mol.